The van der Waals surface area contributed by atoms with Crippen LogP contribution in [0.4, 0.5) is 0 Å². The van der Waals surface area contributed by atoms with Gasteiger partial charge in [-0.1, -0.05) is 0 Å². The molecule has 0 atom stereocenters. The molecule has 1 rings (SSSR count). The van der Waals surface area contributed by atoms with Crippen LogP contribution in [0.5, 0.6) is 0 Å². The number of rotatable bonds is 10. The molecule has 25 heavy (non-hydrogen) atoms. The Balaban J connectivity index is 0.00000129. The summed E-state index contributed by atoms with van der Waals surface area (Å²) in [7, 11) is 5.64. The van der Waals surface area contributed by atoms with E-state index < -0.39 is 10.0 Å². The Labute approximate surface area is 149 Å². The van der Waals surface area contributed by atoms with Crippen molar-refractivity contribution < 1.29 is 19.6 Å². The molecular weight excluding hydrogens is 354 g/mol. The van der Waals surface area contributed by atoms with Crippen LogP contribution < -0.4 is 10.6 Å². The number of furan rings is 1. The smallest absolute Gasteiger partial charge is 0.291 e. The Morgan fingerprint density at radius 3 is 2.48 bits per heavy atom. The van der Waals surface area contributed by atoms with E-state index in [0.29, 0.717) is 12.4 Å². The highest BCUT2D eigenvalue weighted by Crippen LogP contribution is 2.15. The Morgan fingerprint density at radius 2 is 1.96 bits per heavy atom. The van der Waals surface area contributed by atoms with E-state index in [-0.39, 0.29) is 0 Å². The third kappa shape index (κ3) is 13.6. The summed E-state index contributed by atoms with van der Waals surface area (Å²) in [5, 5.41) is 29.7. The van der Waals surface area contributed by atoms with Gasteiger partial charge in [-0.15, -0.1) is 10.1 Å². The van der Waals surface area contributed by atoms with Crippen molar-refractivity contribution in [1.29, 1.82) is 0 Å². The number of hydrogen-bond donors (Lipinski definition) is 3. The second kappa shape index (κ2) is 12.9. The van der Waals surface area contributed by atoms with Crippen molar-refractivity contribution in [2.75, 3.05) is 33.4 Å². The second-order valence-corrected chi connectivity index (χ2v) is 6.01. The zero-order chi connectivity index (χ0) is 19.2. The average Bonchev–Trinajstić information content (AvgIpc) is 2.91. The minimum atomic E-state index is -1.50. The zero-order valence-electron chi connectivity index (χ0n) is 14.3. The summed E-state index contributed by atoms with van der Waals surface area (Å²) in [6.45, 7) is 1.44. The van der Waals surface area contributed by atoms with Crippen LogP contribution in [0, 0.1) is 20.2 Å². The molecule has 12 heteroatoms. The standard InChI is InChI=1S/C13H22N4O3S.HNO3/c1-14-13(9-17(18)19)15-6-7-21-10-12-5-4-11(20-12)8-16(2)3;2-1(3)4/h4-5,9,14-15H,6-8,10H2,1-3H3;(H,2,3,4)/b13-9-;. The number of nitro groups is 1. The van der Waals surface area contributed by atoms with Gasteiger partial charge in [0.25, 0.3) is 11.3 Å². The molecule has 0 aromatic carbocycles. The molecule has 0 unspecified atom stereocenters. The maximum Gasteiger partial charge on any atom is 0.291 e. The van der Waals surface area contributed by atoms with E-state index in [9.17, 15) is 10.1 Å². The lowest BCUT2D eigenvalue weighted by Crippen LogP contribution is -2.26. The fourth-order valence-corrected chi connectivity index (χ4v) is 2.38. The van der Waals surface area contributed by atoms with Gasteiger partial charge in [0.05, 0.1) is 17.2 Å². The average molecular weight is 377 g/mol. The van der Waals surface area contributed by atoms with Gasteiger partial charge in [-0.3, -0.25) is 10.1 Å². The summed E-state index contributed by atoms with van der Waals surface area (Å²) in [5.74, 6) is 3.95. The minimum Gasteiger partial charge on any atom is -0.464 e. The normalized spacial score (nSPS) is 10.8. The zero-order valence-corrected chi connectivity index (χ0v) is 15.1. The largest absolute Gasteiger partial charge is 0.464 e. The van der Waals surface area contributed by atoms with E-state index in [1.54, 1.807) is 18.8 Å². The first-order chi connectivity index (χ1) is 11.7. The monoisotopic (exact) mass is 377 g/mol. The molecule has 0 radical (unpaired) electrons. The number of hydrogen-bond acceptors (Lipinski definition) is 9. The fraction of sp³-hybridized carbons (Fsp3) is 0.538. The topological polar surface area (TPSA) is 147 Å². The maximum atomic E-state index is 10.3. The molecule has 1 aromatic rings. The summed E-state index contributed by atoms with van der Waals surface area (Å²) >= 11 is 1.72. The van der Waals surface area contributed by atoms with Crippen molar-refractivity contribution in [1.82, 2.24) is 15.5 Å². The molecule has 0 spiro atoms. The van der Waals surface area contributed by atoms with Gasteiger partial charge in [0.15, 0.2) is 5.82 Å². The molecule has 1 heterocycles. The molecule has 0 aliphatic carbocycles. The molecule has 0 aliphatic rings. The highest BCUT2D eigenvalue weighted by Gasteiger charge is 2.04. The van der Waals surface area contributed by atoms with Crippen LogP contribution in [0.25, 0.3) is 0 Å². The maximum absolute atomic E-state index is 10.3. The highest BCUT2D eigenvalue weighted by atomic mass is 32.2. The molecule has 0 bridgehead atoms. The van der Waals surface area contributed by atoms with Gasteiger partial charge < -0.3 is 25.2 Å². The molecule has 0 saturated heterocycles. The van der Waals surface area contributed by atoms with Crippen LogP contribution in [-0.2, 0) is 12.3 Å². The van der Waals surface area contributed by atoms with Crippen LogP contribution in [0.3, 0.4) is 0 Å². The quantitative estimate of drug-likeness (QED) is 0.308. The van der Waals surface area contributed by atoms with Gasteiger partial charge >= 0.3 is 0 Å². The van der Waals surface area contributed by atoms with Gasteiger partial charge in [-0.05, 0) is 26.2 Å². The van der Waals surface area contributed by atoms with Crippen molar-refractivity contribution in [2.24, 2.45) is 0 Å². The van der Waals surface area contributed by atoms with Crippen molar-refractivity contribution in [3.63, 3.8) is 0 Å². The van der Waals surface area contributed by atoms with Crippen molar-refractivity contribution in [2.45, 2.75) is 12.3 Å². The first-order valence-electron chi connectivity index (χ1n) is 7.14. The van der Waals surface area contributed by atoms with Crippen molar-refractivity contribution >= 4 is 11.8 Å². The van der Waals surface area contributed by atoms with Gasteiger partial charge in [0.2, 0.25) is 0 Å². The van der Waals surface area contributed by atoms with Crippen LogP contribution in [0.1, 0.15) is 11.5 Å². The Bertz CT molecular complexity index is 559. The lowest BCUT2D eigenvalue weighted by molar-refractivity contribution is -0.742. The van der Waals surface area contributed by atoms with Gasteiger partial charge in [0, 0.05) is 19.3 Å². The summed E-state index contributed by atoms with van der Waals surface area (Å²) in [6, 6.07) is 3.98. The third-order valence-corrected chi connectivity index (χ3v) is 3.48. The van der Waals surface area contributed by atoms with Crippen molar-refractivity contribution in [3.05, 3.63) is 55.9 Å². The second-order valence-electron chi connectivity index (χ2n) is 4.90. The lowest BCUT2D eigenvalue weighted by atomic mass is 10.4. The third-order valence-electron chi connectivity index (χ3n) is 2.50. The fourth-order valence-electron chi connectivity index (χ4n) is 1.63. The summed E-state index contributed by atoms with van der Waals surface area (Å²) in [6.07, 6.45) is 0.921. The van der Waals surface area contributed by atoms with Gasteiger partial charge in [0.1, 0.15) is 11.5 Å². The molecule has 142 valence electrons. The summed E-state index contributed by atoms with van der Waals surface area (Å²) < 4.78 is 5.70. The van der Waals surface area contributed by atoms with E-state index >= 15 is 0 Å². The van der Waals surface area contributed by atoms with Crippen molar-refractivity contribution in [3.8, 4) is 0 Å². The molecule has 11 nitrogen and oxygen atoms in total. The van der Waals surface area contributed by atoms with Gasteiger partial charge in [-0.25, -0.2) is 0 Å². The van der Waals surface area contributed by atoms with Crippen LogP contribution in [-0.4, -0.2) is 53.6 Å². The van der Waals surface area contributed by atoms with E-state index in [0.717, 1.165) is 35.8 Å². The van der Waals surface area contributed by atoms with Crippen LogP contribution >= 0.6 is 11.8 Å². The Kier molecular flexibility index (Phi) is 11.6. The molecule has 1 aromatic heterocycles. The van der Waals surface area contributed by atoms with E-state index in [1.165, 1.54) is 0 Å². The predicted octanol–water partition coefficient (Wildman–Crippen LogP) is 1.11. The molecule has 0 fully saturated rings. The molecule has 3 N–H and O–H groups in total. The predicted molar refractivity (Wildman–Crippen MR) is 93.2 cm³/mol. The first kappa shape index (κ1) is 22.5. The first-order valence-corrected chi connectivity index (χ1v) is 8.30. The van der Waals surface area contributed by atoms with E-state index in [2.05, 4.69) is 15.5 Å². The number of thioether (sulfide) groups is 1. The molecular formula is C13H23N5O6S. The van der Waals surface area contributed by atoms with E-state index in [1.807, 2.05) is 26.2 Å². The summed E-state index contributed by atoms with van der Waals surface area (Å²) in [5.41, 5.74) is 0. The van der Waals surface area contributed by atoms with Crippen LogP contribution in [0.2, 0.25) is 0 Å². The molecule has 0 aliphatic heterocycles. The van der Waals surface area contributed by atoms with Gasteiger partial charge in [-0.2, -0.15) is 11.8 Å². The SMILES string of the molecule is CN/C(=C/[N+](=O)[O-])NCCSCc1ccc(CN(C)C)o1.O=[N+]([O-])O. The number of nitrogens with one attached hydrogen (secondary N) is 2. The lowest BCUT2D eigenvalue weighted by Gasteiger charge is -2.07. The molecule has 0 saturated carbocycles. The Morgan fingerprint density at radius 1 is 1.36 bits per heavy atom. The number of nitrogens with zero attached hydrogens (tertiary/aromatic N) is 3. The van der Waals surface area contributed by atoms with Crippen LogP contribution in [0.15, 0.2) is 28.6 Å². The highest BCUT2D eigenvalue weighted by molar-refractivity contribution is 7.98. The molecule has 0 amide bonds. The minimum absolute atomic E-state index is 0.409. The summed E-state index contributed by atoms with van der Waals surface area (Å²) in [4.78, 5) is 20.3. The Hall–Kier alpha value is -2.47. The van der Waals surface area contributed by atoms with E-state index in [4.69, 9.17) is 19.7 Å².